The molecule has 1 aliphatic heterocycles. The van der Waals surface area contributed by atoms with E-state index < -0.39 is 11.9 Å². The normalized spacial score (nSPS) is 16.1. The Labute approximate surface area is 200 Å². The third-order valence-electron chi connectivity index (χ3n) is 6.72. The van der Waals surface area contributed by atoms with Crippen molar-refractivity contribution >= 4 is 16.8 Å². The molecule has 1 unspecified atom stereocenters. The molecule has 7 nitrogen and oxygen atoms in total. The van der Waals surface area contributed by atoms with Crippen molar-refractivity contribution in [3.8, 4) is 11.4 Å². The van der Waals surface area contributed by atoms with E-state index in [1.165, 1.54) is 11.7 Å². The predicted molar refractivity (Wildman–Crippen MR) is 125 cm³/mol. The third-order valence-corrected chi connectivity index (χ3v) is 6.72. The lowest BCUT2D eigenvalue weighted by molar-refractivity contribution is -0.141. The summed E-state index contributed by atoms with van der Waals surface area (Å²) < 4.78 is 42.5. The maximum absolute atomic E-state index is 13.6. The average Bonchev–Trinajstić information content (AvgIpc) is 3.32. The number of alkyl halides is 3. The Bertz CT molecular complexity index is 1480. The first kappa shape index (κ1) is 23.1. The van der Waals surface area contributed by atoms with Crippen LogP contribution in [0.25, 0.3) is 22.3 Å². The van der Waals surface area contributed by atoms with Crippen LogP contribution in [-0.2, 0) is 26.7 Å². The molecule has 1 aliphatic rings. The fraction of sp³-hybridized carbons (Fsp3) is 0.360. The van der Waals surface area contributed by atoms with Crippen molar-refractivity contribution in [3.63, 3.8) is 0 Å². The number of hydrogen-bond acceptors (Lipinski definition) is 4. The fourth-order valence-electron chi connectivity index (χ4n) is 4.93. The van der Waals surface area contributed by atoms with Crippen molar-refractivity contribution in [2.24, 2.45) is 14.1 Å². The van der Waals surface area contributed by atoms with Crippen LogP contribution in [-0.4, -0.2) is 41.9 Å². The standard InChI is InChI=1S/C25H25F3N6O/c1-13-10-19-16(7-6-14(2)29-19)11-18(13)24(35)34-9-8-17-22(15(34)3)31-33(5)23(17)20-12-21(25(26,27)28)30-32(20)4/h6-7,10-12,15H,8-9H2,1-5H3. The van der Waals surface area contributed by atoms with Crippen LogP contribution in [0.15, 0.2) is 30.3 Å². The molecule has 35 heavy (non-hydrogen) atoms. The Morgan fingerprint density at radius 3 is 2.49 bits per heavy atom. The van der Waals surface area contributed by atoms with E-state index in [4.69, 9.17) is 0 Å². The smallest absolute Gasteiger partial charge is 0.330 e. The van der Waals surface area contributed by atoms with Gasteiger partial charge in [-0.1, -0.05) is 6.07 Å². The molecule has 3 aromatic heterocycles. The molecule has 5 rings (SSSR count). The molecule has 182 valence electrons. The molecular weight excluding hydrogens is 457 g/mol. The van der Waals surface area contributed by atoms with Gasteiger partial charge in [-0.2, -0.15) is 23.4 Å². The van der Waals surface area contributed by atoms with Gasteiger partial charge in [0.05, 0.1) is 28.6 Å². The molecule has 0 bridgehead atoms. The number of carbonyl (C=O) groups excluding carboxylic acids is 1. The van der Waals surface area contributed by atoms with Gasteiger partial charge in [0, 0.05) is 42.8 Å². The maximum Gasteiger partial charge on any atom is 0.435 e. The summed E-state index contributed by atoms with van der Waals surface area (Å²) in [7, 11) is 3.19. The van der Waals surface area contributed by atoms with Gasteiger partial charge in [-0.15, -0.1) is 0 Å². The molecule has 0 radical (unpaired) electrons. The van der Waals surface area contributed by atoms with E-state index >= 15 is 0 Å². The molecule has 4 heterocycles. The number of fused-ring (bicyclic) bond motifs is 2. The monoisotopic (exact) mass is 482 g/mol. The first-order valence-electron chi connectivity index (χ1n) is 11.3. The number of hydrogen-bond donors (Lipinski definition) is 0. The number of pyridine rings is 1. The van der Waals surface area contributed by atoms with E-state index in [0.29, 0.717) is 35.6 Å². The van der Waals surface area contributed by atoms with Crippen molar-refractivity contribution in [1.82, 2.24) is 29.4 Å². The minimum atomic E-state index is -4.53. The third kappa shape index (κ3) is 3.77. The number of aryl methyl sites for hydroxylation is 4. The minimum absolute atomic E-state index is 0.102. The Morgan fingerprint density at radius 1 is 1.06 bits per heavy atom. The molecule has 1 amide bonds. The summed E-state index contributed by atoms with van der Waals surface area (Å²) >= 11 is 0. The summed E-state index contributed by atoms with van der Waals surface area (Å²) in [6.45, 7) is 6.16. The van der Waals surface area contributed by atoms with Gasteiger partial charge >= 0.3 is 6.18 Å². The highest BCUT2D eigenvalue weighted by Crippen LogP contribution is 2.38. The topological polar surface area (TPSA) is 68.8 Å². The van der Waals surface area contributed by atoms with Crippen LogP contribution in [0.3, 0.4) is 0 Å². The maximum atomic E-state index is 13.6. The summed E-state index contributed by atoms with van der Waals surface area (Å²) in [5.41, 5.74) is 4.73. The Morgan fingerprint density at radius 2 is 1.80 bits per heavy atom. The molecule has 0 aliphatic carbocycles. The van der Waals surface area contributed by atoms with E-state index in [1.54, 1.807) is 16.6 Å². The first-order valence-corrected chi connectivity index (χ1v) is 11.3. The lowest BCUT2D eigenvalue weighted by Gasteiger charge is -2.33. The first-order chi connectivity index (χ1) is 16.5. The number of halogens is 3. The number of carbonyl (C=O) groups is 1. The molecule has 0 N–H and O–H groups in total. The van der Waals surface area contributed by atoms with Gasteiger partial charge in [0.1, 0.15) is 0 Å². The zero-order valence-electron chi connectivity index (χ0n) is 20.1. The zero-order valence-corrected chi connectivity index (χ0v) is 20.1. The van der Waals surface area contributed by atoms with Crippen LogP contribution in [0.2, 0.25) is 0 Å². The van der Waals surface area contributed by atoms with Crippen LogP contribution in [0.1, 0.15) is 51.5 Å². The second kappa shape index (κ2) is 7.93. The highest BCUT2D eigenvalue weighted by molar-refractivity contribution is 6.00. The minimum Gasteiger partial charge on any atom is -0.330 e. The van der Waals surface area contributed by atoms with Gasteiger partial charge in [0.15, 0.2) is 5.69 Å². The Kier molecular flexibility index (Phi) is 5.23. The fourth-order valence-corrected chi connectivity index (χ4v) is 4.93. The largest absolute Gasteiger partial charge is 0.435 e. The van der Waals surface area contributed by atoms with Crippen molar-refractivity contribution in [3.05, 3.63) is 64.1 Å². The van der Waals surface area contributed by atoms with Crippen molar-refractivity contribution in [2.75, 3.05) is 6.54 Å². The second-order valence-corrected chi connectivity index (χ2v) is 9.11. The van der Waals surface area contributed by atoms with Crippen LogP contribution < -0.4 is 0 Å². The Balaban J connectivity index is 1.51. The molecule has 0 saturated heterocycles. The summed E-state index contributed by atoms with van der Waals surface area (Å²) in [4.78, 5) is 19.9. The number of nitrogens with zero attached hydrogens (tertiary/aromatic N) is 6. The highest BCUT2D eigenvalue weighted by Gasteiger charge is 2.37. The SMILES string of the molecule is Cc1ccc2cc(C(=O)N3CCc4c(nn(C)c4-c4cc(C(F)(F)F)nn4C)C3C)c(C)cc2n1. The summed E-state index contributed by atoms with van der Waals surface area (Å²) in [5.74, 6) is -0.102. The molecule has 0 spiro atoms. The predicted octanol–water partition coefficient (Wildman–Crippen LogP) is 4.76. The van der Waals surface area contributed by atoms with Gasteiger partial charge in [-0.25, -0.2) is 0 Å². The van der Waals surface area contributed by atoms with Gasteiger partial charge < -0.3 is 4.90 Å². The molecule has 10 heteroatoms. The lowest BCUT2D eigenvalue weighted by Crippen LogP contribution is -2.39. The van der Waals surface area contributed by atoms with E-state index in [2.05, 4.69) is 15.2 Å². The van der Waals surface area contributed by atoms with Crippen LogP contribution in [0.5, 0.6) is 0 Å². The molecule has 1 aromatic carbocycles. The molecular formula is C25H25F3N6O. The molecule has 0 saturated carbocycles. The van der Waals surface area contributed by atoms with Gasteiger partial charge in [0.2, 0.25) is 0 Å². The van der Waals surface area contributed by atoms with Crippen molar-refractivity contribution in [2.45, 2.75) is 39.4 Å². The quantitative estimate of drug-likeness (QED) is 0.413. The van der Waals surface area contributed by atoms with Crippen molar-refractivity contribution < 1.29 is 18.0 Å². The summed E-state index contributed by atoms with van der Waals surface area (Å²) in [6, 6.07) is 8.38. The molecule has 1 atom stereocenters. The van der Waals surface area contributed by atoms with E-state index in [0.717, 1.165) is 33.8 Å². The lowest BCUT2D eigenvalue weighted by atomic mass is 9.95. The number of amides is 1. The second-order valence-electron chi connectivity index (χ2n) is 9.11. The van der Waals surface area contributed by atoms with E-state index in [-0.39, 0.29) is 11.9 Å². The van der Waals surface area contributed by atoms with Crippen LogP contribution in [0.4, 0.5) is 13.2 Å². The number of benzene rings is 1. The van der Waals surface area contributed by atoms with E-state index in [1.807, 2.05) is 45.0 Å². The van der Waals surface area contributed by atoms with E-state index in [9.17, 15) is 18.0 Å². The average molecular weight is 483 g/mol. The number of rotatable bonds is 2. The van der Waals surface area contributed by atoms with Crippen LogP contribution >= 0.6 is 0 Å². The Hall–Kier alpha value is -3.69. The zero-order chi connectivity index (χ0) is 25.2. The summed E-state index contributed by atoms with van der Waals surface area (Å²) in [6.07, 6.45) is -4.05. The highest BCUT2D eigenvalue weighted by atomic mass is 19.4. The van der Waals surface area contributed by atoms with Gasteiger partial charge in [-0.3, -0.25) is 19.1 Å². The van der Waals surface area contributed by atoms with Gasteiger partial charge in [-0.05, 0) is 57.0 Å². The van der Waals surface area contributed by atoms with Gasteiger partial charge in [0.25, 0.3) is 5.91 Å². The van der Waals surface area contributed by atoms with Crippen molar-refractivity contribution in [1.29, 1.82) is 0 Å². The molecule has 0 fully saturated rings. The molecule has 4 aromatic rings. The van der Waals surface area contributed by atoms with Crippen LogP contribution in [0, 0.1) is 13.8 Å². The summed E-state index contributed by atoms with van der Waals surface area (Å²) in [5, 5.41) is 9.17. The number of aromatic nitrogens is 5.